The maximum Gasteiger partial charge on any atom is 0.235 e. The fourth-order valence-corrected chi connectivity index (χ4v) is 9.05. The van der Waals surface area contributed by atoms with Gasteiger partial charge in [0.05, 0.1) is 27.8 Å². The van der Waals surface area contributed by atoms with E-state index in [1.165, 1.54) is 49.7 Å². The Balaban J connectivity index is 1.22. The van der Waals surface area contributed by atoms with Gasteiger partial charge in [0.2, 0.25) is 5.95 Å². The summed E-state index contributed by atoms with van der Waals surface area (Å²) in [7, 11) is 0. The van der Waals surface area contributed by atoms with E-state index in [0.717, 1.165) is 39.1 Å². The van der Waals surface area contributed by atoms with Crippen LogP contribution in [-0.4, -0.2) is 14.5 Å². The van der Waals surface area contributed by atoms with Gasteiger partial charge in [0.1, 0.15) is 0 Å². The third-order valence-corrected chi connectivity index (χ3v) is 11.5. The van der Waals surface area contributed by atoms with Crippen molar-refractivity contribution in [3.8, 4) is 50.7 Å². The monoisotopic (exact) mass is 713 g/mol. The molecule has 0 bridgehead atoms. The molecule has 11 rings (SSSR count). The summed E-state index contributed by atoms with van der Waals surface area (Å²) in [4.78, 5) is 10.8. The molecule has 56 heavy (non-hydrogen) atoms. The van der Waals surface area contributed by atoms with Gasteiger partial charge in [-0.1, -0.05) is 182 Å². The first-order chi connectivity index (χ1) is 27.8. The van der Waals surface area contributed by atoms with Crippen LogP contribution in [0.2, 0.25) is 0 Å². The summed E-state index contributed by atoms with van der Waals surface area (Å²) in [6.45, 7) is 0. The van der Waals surface area contributed by atoms with Gasteiger partial charge in [-0.3, -0.25) is 4.57 Å². The molecule has 262 valence electrons. The second-order valence-electron chi connectivity index (χ2n) is 14.5. The Morgan fingerprint density at radius 3 is 1.61 bits per heavy atom. The minimum absolute atomic E-state index is 0.528. The number of fused-ring (bicyclic) bond motifs is 6. The third-order valence-electron chi connectivity index (χ3n) is 11.5. The zero-order valence-electron chi connectivity index (χ0n) is 30.5. The van der Waals surface area contributed by atoms with Crippen LogP contribution in [0.5, 0.6) is 0 Å². The van der Waals surface area contributed by atoms with Crippen molar-refractivity contribution < 1.29 is 0 Å². The number of hydrogen-bond donors (Lipinski definition) is 0. The minimum atomic E-state index is -0.528. The van der Waals surface area contributed by atoms with Crippen molar-refractivity contribution in [1.82, 2.24) is 14.5 Å². The maximum atomic E-state index is 5.44. The average molecular weight is 714 g/mol. The first kappa shape index (κ1) is 32.1. The van der Waals surface area contributed by atoms with E-state index in [0.29, 0.717) is 5.95 Å². The van der Waals surface area contributed by atoms with Gasteiger partial charge in [-0.05, 0) is 74.8 Å². The Bertz CT molecular complexity index is 3020. The molecule has 0 amide bonds. The Labute approximate surface area is 325 Å². The molecule has 0 aliphatic heterocycles. The molecule has 0 unspecified atom stereocenters. The first-order valence-electron chi connectivity index (χ1n) is 19.2. The lowest BCUT2D eigenvalue weighted by Gasteiger charge is -2.34. The molecule has 0 radical (unpaired) electrons. The molecule has 3 nitrogen and oxygen atoms in total. The second-order valence-corrected chi connectivity index (χ2v) is 14.5. The summed E-state index contributed by atoms with van der Waals surface area (Å²) < 4.78 is 2.28. The highest BCUT2D eigenvalue weighted by molar-refractivity contribution is 6.12. The number of para-hydroxylation sites is 1. The first-order valence-corrected chi connectivity index (χ1v) is 19.2. The van der Waals surface area contributed by atoms with Crippen LogP contribution in [0.1, 0.15) is 22.3 Å². The van der Waals surface area contributed by atoms with Gasteiger partial charge in [0.15, 0.2) is 0 Å². The van der Waals surface area contributed by atoms with Gasteiger partial charge >= 0.3 is 0 Å². The number of benzene rings is 8. The van der Waals surface area contributed by atoms with Crippen LogP contribution in [-0.2, 0) is 5.41 Å². The Morgan fingerprint density at radius 2 is 0.893 bits per heavy atom. The van der Waals surface area contributed by atoms with Crippen molar-refractivity contribution in [3.05, 3.63) is 235 Å². The fourth-order valence-electron chi connectivity index (χ4n) is 9.05. The van der Waals surface area contributed by atoms with Crippen LogP contribution in [0.3, 0.4) is 0 Å². The zero-order valence-corrected chi connectivity index (χ0v) is 30.5. The highest BCUT2D eigenvalue weighted by atomic mass is 15.2. The van der Waals surface area contributed by atoms with Gasteiger partial charge < -0.3 is 0 Å². The summed E-state index contributed by atoms with van der Waals surface area (Å²) in [6.07, 6.45) is 0. The van der Waals surface area contributed by atoms with Crippen molar-refractivity contribution >= 4 is 21.8 Å². The lowest BCUT2D eigenvalue weighted by molar-refractivity contribution is 0.769. The molecule has 0 N–H and O–H groups in total. The smallest absolute Gasteiger partial charge is 0.235 e. The van der Waals surface area contributed by atoms with E-state index in [9.17, 15) is 0 Å². The summed E-state index contributed by atoms with van der Waals surface area (Å²) in [6, 6.07) is 76.2. The highest BCUT2D eigenvalue weighted by Gasteiger charge is 2.46. The van der Waals surface area contributed by atoms with Gasteiger partial charge in [-0.2, -0.15) is 0 Å². The van der Waals surface area contributed by atoms with Crippen molar-refractivity contribution in [2.75, 3.05) is 0 Å². The number of rotatable bonds is 6. The topological polar surface area (TPSA) is 30.7 Å². The largest absolute Gasteiger partial charge is 0.278 e. The van der Waals surface area contributed by atoms with Crippen LogP contribution in [0.15, 0.2) is 212 Å². The van der Waals surface area contributed by atoms with Gasteiger partial charge in [-0.25, -0.2) is 9.97 Å². The molecule has 3 heteroatoms. The number of nitrogens with zero attached hydrogens (tertiary/aromatic N) is 3. The van der Waals surface area contributed by atoms with Gasteiger partial charge in [-0.15, -0.1) is 0 Å². The molecule has 0 atom stereocenters. The quantitative estimate of drug-likeness (QED) is 0.172. The molecule has 2 aromatic heterocycles. The molecular formula is C53H35N3. The molecule has 0 saturated heterocycles. The van der Waals surface area contributed by atoms with E-state index in [1.807, 2.05) is 6.07 Å². The predicted molar refractivity (Wildman–Crippen MR) is 230 cm³/mol. The van der Waals surface area contributed by atoms with Crippen molar-refractivity contribution in [1.29, 1.82) is 0 Å². The van der Waals surface area contributed by atoms with E-state index < -0.39 is 5.41 Å². The Morgan fingerprint density at radius 1 is 0.339 bits per heavy atom. The fraction of sp³-hybridized carbons (Fsp3) is 0.0189. The summed E-state index contributed by atoms with van der Waals surface area (Å²) in [5, 5.41) is 2.34. The second kappa shape index (κ2) is 12.9. The van der Waals surface area contributed by atoms with E-state index in [-0.39, 0.29) is 0 Å². The molecule has 0 saturated carbocycles. The summed E-state index contributed by atoms with van der Waals surface area (Å²) >= 11 is 0. The molecule has 1 aliphatic rings. The molecule has 0 spiro atoms. The predicted octanol–water partition coefficient (Wildman–Crippen LogP) is 12.9. The number of hydrogen-bond acceptors (Lipinski definition) is 2. The molecule has 0 fully saturated rings. The molecule has 1 aliphatic carbocycles. The Kier molecular flexibility index (Phi) is 7.39. The molecule has 10 aromatic rings. The zero-order chi connectivity index (χ0) is 37.1. The molecule has 8 aromatic carbocycles. The van der Waals surface area contributed by atoms with Crippen molar-refractivity contribution in [3.63, 3.8) is 0 Å². The van der Waals surface area contributed by atoms with Crippen molar-refractivity contribution in [2.45, 2.75) is 5.41 Å². The Hall–Kier alpha value is -7.36. The number of aromatic nitrogens is 3. The van der Waals surface area contributed by atoms with Crippen molar-refractivity contribution in [2.24, 2.45) is 0 Å². The minimum Gasteiger partial charge on any atom is -0.278 e. The maximum absolute atomic E-state index is 5.44. The third kappa shape index (κ3) is 4.91. The highest BCUT2D eigenvalue weighted by Crippen LogP contribution is 2.57. The lowest BCUT2D eigenvalue weighted by Crippen LogP contribution is -2.28. The van der Waals surface area contributed by atoms with Crippen LogP contribution in [0, 0.1) is 0 Å². The van der Waals surface area contributed by atoms with Gasteiger partial charge in [0.25, 0.3) is 0 Å². The van der Waals surface area contributed by atoms with Crippen LogP contribution in [0.4, 0.5) is 0 Å². The molecular weight excluding hydrogens is 679 g/mol. The lowest BCUT2D eigenvalue weighted by atomic mass is 9.67. The molecule has 2 heterocycles. The SMILES string of the molecule is c1ccc(-c2cccc(-c3cc(-c4ccccc4)nc(-n4c5ccccc5c5cc6c(cc54)C(c4ccccc4)(c4ccccc4)c4ccccc4-6)n3)c2)cc1. The van der Waals surface area contributed by atoms with Crippen LogP contribution >= 0.6 is 0 Å². The van der Waals surface area contributed by atoms with Crippen LogP contribution < -0.4 is 0 Å². The van der Waals surface area contributed by atoms with E-state index in [1.54, 1.807) is 0 Å². The van der Waals surface area contributed by atoms with E-state index in [2.05, 4.69) is 211 Å². The normalized spacial score (nSPS) is 12.8. The summed E-state index contributed by atoms with van der Waals surface area (Å²) in [5.41, 5.74) is 15.3. The standard InChI is InChI=1S/C53H35N3/c1-5-18-36(19-6-1)38-22-17-23-39(32-38)49-35-48(37-20-7-2-8-21-37)54-52(55-49)56-50-31-16-14-29-43(50)45-33-44-42-28-13-15-30-46(42)53(47(44)34-51(45)56,40-24-9-3-10-25-40)41-26-11-4-12-27-41/h1-35H. The van der Waals surface area contributed by atoms with E-state index in [4.69, 9.17) is 9.97 Å². The van der Waals surface area contributed by atoms with Gasteiger partial charge in [0, 0.05) is 21.9 Å². The average Bonchev–Trinajstić information content (AvgIpc) is 3.76. The van der Waals surface area contributed by atoms with E-state index >= 15 is 0 Å². The summed E-state index contributed by atoms with van der Waals surface area (Å²) in [5.74, 6) is 0.637. The van der Waals surface area contributed by atoms with Crippen LogP contribution in [0.25, 0.3) is 72.5 Å².